The van der Waals surface area contributed by atoms with Crippen molar-refractivity contribution in [2.45, 2.75) is 327 Å². The van der Waals surface area contributed by atoms with E-state index in [1.807, 2.05) is 0 Å². The summed E-state index contributed by atoms with van der Waals surface area (Å²) in [6.45, 7) is 85.9. The van der Waals surface area contributed by atoms with Crippen LogP contribution in [-0.4, -0.2) is 0 Å². The van der Waals surface area contributed by atoms with Crippen molar-refractivity contribution in [3.63, 3.8) is 0 Å². The Bertz CT molecular complexity index is 5470. The van der Waals surface area contributed by atoms with Crippen molar-refractivity contribution in [1.82, 2.24) is 0 Å². The molecule has 0 aliphatic heterocycles. The molecule has 0 saturated heterocycles. The van der Waals surface area contributed by atoms with E-state index in [4.69, 9.17) is 0 Å². The molecular formula is C118H148N2. The van der Waals surface area contributed by atoms with Crippen LogP contribution >= 0.6 is 0 Å². The van der Waals surface area contributed by atoms with Crippen molar-refractivity contribution < 1.29 is 0 Å². The first-order valence-corrected chi connectivity index (χ1v) is 45.0. The van der Waals surface area contributed by atoms with Crippen LogP contribution in [-0.2, 0) is 65.0 Å². The van der Waals surface area contributed by atoms with E-state index in [2.05, 4.69) is 477 Å². The zero-order valence-corrected chi connectivity index (χ0v) is 81.1. The predicted molar refractivity (Wildman–Crippen MR) is 532 cm³/mol. The van der Waals surface area contributed by atoms with Crippen molar-refractivity contribution >= 4 is 55.7 Å². The van der Waals surface area contributed by atoms with E-state index >= 15 is 0 Å². The van der Waals surface area contributed by atoms with Crippen LogP contribution in [0.25, 0.3) is 77.2 Å². The van der Waals surface area contributed by atoms with Gasteiger partial charge >= 0.3 is 0 Å². The number of hydrogen-bond donors (Lipinski definition) is 0. The smallest absolute Gasteiger partial charge is 0.0620 e. The number of benzene rings is 12. The van der Waals surface area contributed by atoms with Crippen LogP contribution in [0.5, 0.6) is 0 Å². The minimum atomic E-state index is -0.221. The molecular weight excluding hydrogens is 1450 g/mol. The Balaban J connectivity index is 1.37. The van der Waals surface area contributed by atoms with Gasteiger partial charge in [-0.3, -0.25) is 0 Å². The summed E-state index contributed by atoms with van der Waals surface area (Å²) >= 11 is 0. The standard InChI is InChI=1S/C118H148N2/c1-37-49-118(35,36)96-70-95(117(32,33)34)73-100(74-96)119(97-60-77(81-52-85(107(2,3)4)65-86(53-81)108(5,6)7)50-78(61-97)82-54-87(109(8,9)10)66-88(55-82)110(11,12)13)105-101-45-41-42-46-102(101)106(104-64-76(47-48-103(104)105)75-43-39-38-40-44-75)120(99-71-93(115(26,27)28)69-94(72-99)116(29,30)31)98-62-79(83-56-89(111(14,15)16)67-90(57-83)112(17,18)19)51-80(63-98)84-58-91(113(20,21)22)68-92(59-84)114(23,24)25/h38-48,50-74H,37,49H2,1-36H3. The molecule has 0 aliphatic carbocycles. The second kappa shape index (κ2) is 31.6. The van der Waals surface area contributed by atoms with Crippen LogP contribution in [0, 0.1) is 0 Å². The number of fused-ring (bicyclic) bond motifs is 2. The van der Waals surface area contributed by atoms with Gasteiger partial charge in [0.05, 0.1) is 11.4 Å². The molecule has 0 spiro atoms. The van der Waals surface area contributed by atoms with E-state index in [0.29, 0.717) is 0 Å². The second-order valence-electron chi connectivity index (χ2n) is 47.7. The normalized spacial score (nSPS) is 13.4. The predicted octanol–water partition coefficient (Wildman–Crippen LogP) is 35.6. The summed E-state index contributed by atoms with van der Waals surface area (Å²) in [6, 6.07) is 88.7. The van der Waals surface area contributed by atoms with Crippen LogP contribution in [0.2, 0.25) is 0 Å². The molecule has 0 saturated carbocycles. The lowest BCUT2D eigenvalue weighted by atomic mass is 9.77. The Morgan fingerprint density at radius 3 is 0.658 bits per heavy atom. The van der Waals surface area contributed by atoms with Crippen LogP contribution in [0.4, 0.5) is 34.1 Å². The lowest BCUT2D eigenvalue weighted by molar-refractivity contribution is 0.471. The van der Waals surface area contributed by atoms with Crippen LogP contribution in [0.1, 0.15) is 329 Å². The van der Waals surface area contributed by atoms with E-state index in [1.54, 1.807) is 0 Å². The fraction of sp³-hybridized carbons (Fsp3) is 0.424. The van der Waals surface area contributed by atoms with Crippen molar-refractivity contribution in [2.75, 3.05) is 9.80 Å². The van der Waals surface area contributed by atoms with E-state index in [0.717, 1.165) is 79.6 Å². The fourth-order valence-corrected chi connectivity index (χ4v) is 17.0. The largest absolute Gasteiger partial charge is 0.309 e. The molecule has 0 N–H and O–H groups in total. The van der Waals surface area contributed by atoms with Gasteiger partial charge in [0.25, 0.3) is 0 Å². The summed E-state index contributed by atoms with van der Waals surface area (Å²) < 4.78 is 0. The summed E-state index contributed by atoms with van der Waals surface area (Å²) in [5.74, 6) is 0. The van der Waals surface area contributed by atoms with Crippen molar-refractivity contribution in [1.29, 1.82) is 0 Å². The molecule has 12 rings (SSSR count). The minimum absolute atomic E-state index is 0.127. The first-order chi connectivity index (χ1) is 55.1. The van der Waals surface area contributed by atoms with Gasteiger partial charge in [-0.1, -0.05) is 407 Å². The third-order valence-electron chi connectivity index (χ3n) is 25.5. The van der Waals surface area contributed by atoms with Gasteiger partial charge < -0.3 is 9.80 Å². The summed E-state index contributed by atoms with van der Waals surface area (Å²) in [6.07, 6.45) is 2.10. The van der Waals surface area contributed by atoms with E-state index in [1.165, 1.54) is 111 Å². The molecule has 630 valence electrons. The molecule has 0 aliphatic rings. The Morgan fingerprint density at radius 1 is 0.175 bits per heavy atom. The molecule has 0 amide bonds. The molecule has 0 radical (unpaired) electrons. The van der Waals surface area contributed by atoms with E-state index in [-0.39, 0.29) is 65.0 Å². The van der Waals surface area contributed by atoms with Gasteiger partial charge in [-0.2, -0.15) is 0 Å². The SMILES string of the molecule is CCCC(C)(C)c1cc(N(c2cc(-c3cc(C(C)(C)C)cc(C(C)(C)C)c3)cc(-c3cc(C(C)(C)C)cc(C(C)(C)C)c3)c2)c2c3ccccc3c(N(c3cc(-c4cc(C(C)(C)C)cc(C(C)(C)C)c4)cc(-c4cc(C(C)(C)C)cc(C(C)(C)C)c4)c3)c3cc(C(C)(C)C)cc(C(C)(C)C)c3)c3cc(-c4ccccc4)ccc23)cc(C(C)(C)C)c1. The average Bonchev–Trinajstić information content (AvgIpc) is 0.711. The minimum Gasteiger partial charge on any atom is -0.309 e. The fourth-order valence-electron chi connectivity index (χ4n) is 17.0. The number of nitrogens with zero attached hydrogens (tertiary/aromatic N) is 2. The van der Waals surface area contributed by atoms with Gasteiger partial charge in [0.15, 0.2) is 0 Å². The summed E-state index contributed by atoms with van der Waals surface area (Å²) in [7, 11) is 0. The molecule has 0 atom stereocenters. The topological polar surface area (TPSA) is 6.48 Å². The monoisotopic (exact) mass is 1590 g/mol. The van der Waals surface area contributed by atoms with Gasteiger partial charge in [0.2, 0.25) is 0 Å². The maximum Gasteiger partial charge on any atom is 0.0620 e. The van der Waals surface area contributed by atoms with E-state index in [9.17, 15) is 0 Å². The van der Waals surface area contributed by atoms with Crippen LogP contribution in [0.15, 0.2) is 218 Å². The maximum atomic E-state index is 2.74. The van der Waals surface area contributed by atoms with Crippen LogP contribution < -0.4 is 9.80 Å². The van der Waals surface area contributed by atoms with Crippen LogP contribution in [0.3, 0.4) is 0 Å². The molecule has 2 nitrogen and oxygen atoms in total. The number of anilines is 6. The Morgan fingerprint density at radius 2 is 0.392 bits per heavy atom. The third kappa shape index (κ3) is 19.5. The highest BCUT2D eigenvalue weighted by molar-refractivity contribution is 6.24. The van der Waals surface area contributed by atoms with Gasteiger partial charge in [0, 0.05) is 44.3 Å². The van der Waals surface area contributed by atoms with E-state index < -0.39 is 0 Å². The molecule has 0 aromatic heterocycles. The van der Waals surface area contributed by atoms with Gasteiger partial charge in [-0.25, -0.2) is 0 Å². The molecule has 0 unspecified atom stereocenters. The molecule has 0 bridgehead atoms. The third-order valence-corrected chi connectivity index (χ3v) is 25.5. The lowest BCUT2D eigenvalue weighted by Crippen LogP contribution is -2.22. The number of hydrogen-bond acceptors (Lipinski definition) is 2. The Labute approximate surface area is 728 Å². The number of rotatable bonds is 14. The van der Waals surface area contributed by atoms with Gasteiger partial charge in [0.1, 0.15) is 0 Å². The second-order valence-corrected chi connectivity index (χ2v) is 47.7. The average molecular weight is 1590 g/mol. The first-order valence-electron chi connectivity index (χ1n) is 45.0. The summed E-state index contributed by atoms with van der Waals surface area (Å²) in [5, 5.41) is 4.58. The summed E-state index contributed by atoms with van der Waals surface area (Å²) in [5.41, 5.74) is 32.5. The Kier molecular flexibility index (Phi) is 23.7. The molecule has 12 aromatic carbocycles. The lowest BCUT2D eigenvalue weighted by Gasteiger charge is -2.36. The highest BCUT2D eigenvalue weighted by atomic mass is 15.2. The van der Waals surface area contributed by atoms with Gasteiger partial charge in [-0.15, -0.1) is 0 Å². The van der Waals surface area contributed by atoms with Gasteiger partial charge in [-0.05, 0) is 261 Å². The zero-order chi connectivity index (χ0) is 88.5. The van der Waals surface area contributed by atoms with Crippen molar-refractivity contribution in [2.24, 2.45) is 0 Å². The Hall–Kier alpha value is -9.24. The quantitative estimate of drug-likeness (QED) is 0.0791. The molecule has 120 heavy (non-hydrogen) atoms. The highest BCUT2D eigenvalue weighted by Gasteiger charge is 2.35. The molecule has 0 fully saturated rings. The maximum absolute atomic E-state index is 2.74. The first kappa shape index (κ1) is 90.0. The molecule has 0 heterocycles. The van der Waals surface area contributed by atoms with Crippen molar-refractivity contribution in [3.8, 4) is 55.6 Å². The molecule has 2 heteroatoms. The highest BCUT2D eigenvalue weighted by Crippen LogP contribution is 2.56. The van der Waals surface area contributed by atoms with Crippen molar-refractivity contribution in [3.05, 3.63) is 285 Å². The molecule has 12 aromatic rings. The zero-order valence-electron chi connectivity index (χ0n) is 81.1. The summed E-state index contributed by atoms with van der Waals surface area (Å²) in [4.78, 5) is 5.47.